The quantitative estimate of drug-likeness (QED) is 0.840. The van der Waals surface area contributed by atoms with Crippen molar-refractivity contribution in [3.05, 3.63) is 23.2 Å². The van der Waals surface area contributed by atoms with Gasteiger partial charge in [-0.2, -0.15) is 0 Å². The maximum atomic E-state index is 12.6. The number of likely N-dealkylation sites (tertiary alicyclic amines) is 1. The van der Waals surface area contributed by atoms with Crippen molar-refractivity contribution in [3.8, 4) is 0 Å². The molecule has 6 heteroatoms. The number of rotatable bonds is 2. The first kappa shape index (κ1) is 14.3. The van der Waals surface area contributed by atoms with Gasteiger partial charge >= 0.3 is 0 Å². The van der Waals surface area contributed by atoms with Gasteiger partial charge in [-0.25, -0.2) is 0 Å². The zero-order chi connectivity index (χ0) is 15.0. The Morgan fingerprint density at radius 3 is 2.95 bits per heavy atom. The number of nitrogens with zero attached hydrogens (tertiary/aromatic N) is 1. The Labute approximate surface area is 122 Å². The third-order valence-electron chi connectivity index (χ3n) is 4.32. The van der Waals surface area contributed by atoms with Crippen LogP contribution in [0.25, 0.3) is 0 Å². The Hall–Kier alpha value is -1.66. The Morgan fingerprint density at radius 1 is 1.38 bits per heavy atom. The SMILES string of the molecule is O=C1CCCc2occ(C(=O)N3CCC[C@@](O)(CO)C3)c21. The first-order valence-corrected chi connectivity index (χ1v) is 7.30. The maximum absolute atomic E-state index is 12.6. The third-order valence-corrected chi connectivity index (χ3v) is 4.32. The minimum absolute atomic E-state index is 0.0530. The summed E-state index contributed by atoms with van der Waals surface area (Å²) >= 11 is 0. The molecule has 21 heavy (non-hydrogen) atoms. The number of aliphatic hydroxyl groups excluding tert-OH is 1. The molecule has 0 radical (unpaired) electrons. The number of aryl methyl sites for hydroxylation is 1. The summed E-state index contributed by atoms with van der Waals surface area (Å²) in [6.45, 7) is 0.213. The summed E-state index contributed by atoms with van der Waals surface area (Å²) in [5.41, 5.74) is -0.553. The molecule has 1 aromatic rings. The summed E-state index contributed by atoms with van der Waals surface area (Å²) in [6.07, 6.45) is 4.30. The highest BCUT2D eigenvalue weighted by atomic mass is 16.3. The highest BCUT2D eigenvalue weighted by molar-refractivity contribution is 6.09. The van der Waals surface area contributed by atoms with Gasteiger partial charge in [-0.3, -0.25) is 9.59 Å². The molecule has 1 aliphatic heterocycles. The van der Waals surface area contributed by atoms with Crippen LogP contribution in [0.15, 0.2) is 10.7 Å². The molecule has 0 unspecified atom stereocenters. The molecule has 1 aromatic heterocycles. The molecule has 1 amide bonds. The second kappa shape index (κ2) is 5.27. The third kappa shape index (κ3) is 2.49. The first-order chi connectivity index (χ1) is 10.0. The van der Waals surface area contributed by atoms with Crippen molar-refractivity contribution in [2.24, 2.45) is 0 Å². The highest BCUT2D eigenvalue weighted by Gasteiger charge is 2.37. The number of ketones is 1. The molecule has 1 fully saturated rings. The summed E-state index contributed by atoms with van der Waals surface area (Å²) in [6, 6.07) is 0. The molecule has 2 heterocycles. The number of β-amino-alcohol motifs (C(OH)–C–C–N with tert-alkyl or cyclic N) is 1. The Balaban J connectivity index is 1.86. The Kier molecular flexibility index (Phi) is 3.59. The molecule has 1 saturated heterocycles. The van der Waals surface area contributed by atoms with E-state index in [1.807, 2.05) is 0 Å². The van der Waals surface area contributed by atoms with Crippen molar-refractivity contribution in [1.82, 2.24) is 4.90 Å². The minimum Gasteiger partial charge on any atom is -0.468 e. The molecular formula is C15H19NO5. The van der Waals surface area contributed by atoms with Crippen LogP contribution < -0.4 is 0 Å². The topological polar surface area (TPSA) is 91.0 Å². The van der Waals surface area contributed by atoms with E-state index in [4.69, 9.17) is 4.42 Å². The fourth-order valence-electron chi connectivity index (χ4n) is 3.16. The summed E-state index contributed by atoms with van der Waals surface area (Å²) in [5, 5.41) is 19.4. The van der Waals surface area contributed by atoms with Crippen LogP contribution in [0.3, 0.4) is 0 Å². The normalized spacial score (nSPS) is 25.8. The van der Waals surface area contributed by atoms with Gasteiger partial charge < -0.3 is 19.5 Å². The van der Waals surface area contributed by atoms with Gasteiger partial charge in [-0.1, -0.05) is 0 Å². The van der Waals surface area contributed by atoms with Gasteiger partial charge in [0.2, 0.25) is 0 Å². The summed E-state index contributed by atoms with van der Waals surface area (Å²) < 4.78 is 5.37. The van der Waals surface area contributed by atoms with Crippen LogP contribution in [-0.2, 0) is 6.42 Å². The van der Waals surface area contributed by atoms with E-state index in [9.17, 15) is 19.8 Å². The molecule has 114 valence electrons. The average molecular weight is 293 g/mol. The van der Waals surface area contributed by atoms with E-state index >= 15 is 0 Å². The number of carbonyl (C=O) groups is 2. The number of carbonyl (C=O) groups excluding carboxylic acids is 2. The van der Waals surface area contributed by atoms with Crippen molar-refractivity contribution in [2.45, 2.75) is 37.7 Å². The minimum atomic E-state index is -1.25. The predicted octanol–water partition coefficient (Wildman–Crippen LogP) is 0.758. The Morgan fingerprint density at radius 2 is 2.19 bits per heavy atom. The van der Waals surface area contributed by atoms with Crippen molar-refractivity contribution in [2.75, 3.05) is 19.7 Å². The molecule has 3 rings (SSSR count). The summed E-state index contributed by atoms with van der Waals surface area (Å²) in [5.74, 6) is 0.230. The number of furan rings is 1. The van der Waals surface area contributed by atoms with E-state index in [1.165, 1.54) is 11.2 Å². The number of amides is 1. The van der Waals surface area contributed by atoms with Crippen LogP contribution in [0.5, 0.6) is 0 Å². The second-order valence-corrected chi connectivity index (χ2v) is 5.94. The number of piperidine rings is 1. The predicted molar refractivity (Wildman–Crippen MR) is 73.1 cm³/mol. The van der Waals surface area contributed by atoms with Gasteiger partial charge in [-0.15, -0.1) is 0 Å². The molecule has 2 N–H and O–H groups in total. The number of fused-ring (bicyclic) bond motifs is 1. The van der Waals surface area contributed by atoms with E-state index in [1.54, 1.807) is 0 Å². The first-order valence-electron chi connectivity index (χ1n) is 7.30. The van der Waals surface area contributed by atoms with E-state index < -0.39 is 5.60 Å². The number of aliphatic hydroxyl groups is 2. The van der Waals surface area contributed by atoms with Crippen molar-refractivity contribution in [3.63, 3.8) is 0 Å². The average Bonchev–Trinajstić information content (AvgIpc) is 2.92. The molecule has 1 atom stereocenters. The van der Waals surface area contributed by atoms with E-state index in [0.717, 1.165) is 6.42 Å². The number of Topliss-reactive ketones (excluding diaryl/α,β-unsaturated/α-hetero) is 1. The monoisotopic (exact) mass is 293 g/mol. The maximum Gasteiger partial charge on any atom is 0.257 e. The van der Waals surface area contributed by atoms with Gasteiger partial charge in [-0.05, 0) is 19.3 Å². The molecule has 0 spiro atoms. The van der Waals surface area contributed by atoms with Crippen LogP contribution in [-0.4, -0.2) is 52.1 Å². The lowest BCUT2D eigenvalue weighted by atomic mass is 9.91. The van der Waals surface area contributed by atoms with Gasteiger partial charge in [0.1, 0.15) is 17.6 Å². The molecule has 0 aromatic carbocycles. The summed E-state index contributed by atoms with van der Waals surface area (Å²) in [4.78, 5) is 26.1. The second-order valence-electron chi connectivity index (χ2n) is 5.94. The lowest BCUT2D eigenvalue weighted by molar-refractivity contribution is -0.0598. The molecule has 6 nitrogen and oxygen atoms in total. The fraction of sp³-hybridized carbons (Fsp3) is 0.600. The van der Waals surface area contributed by atoms with Gasteiger partial charge in [0.15, 0.2) is 5.78 Å². The molecular weight excluding hydrogens is 274 g/mol. The van der Waals surface area contributed by atoms with Gasteiger partial charge in [0.05, 0.1) is 24.3 Å². The molecule has 0 bridgehead atoms. The lowest BCUT2D eigenvalue weighted by Crippen LogP contribution is -2.52. The largest absolute Gasteiger partial charge is 0.468 e. The van der Waals surface area contributed by atoms with Crippen LogP contribution in [0.4, 0.5) is 0 Å². The highest BCUT2D eigenvalue weighted by Crippen LogP contribution is 2.29. The zero-order valence-electron chi connectivity index (χ0n) is 11.8. The van der Waals surface area contributed by atoms with Gasteiger partial charge in [0.25, 0.3) is 5.91 Å². The molecule has 1 aliphatic carbocycles. The van der Waals surface area contributed by atoms with E-state index in [2.05, 4.69) is 0 Å². The fourth-order valence-corrected chi connectivity index (χ4v) is 3.16. The van der Waals surface area contributed by atoms with Crippen LogP contribution in [0.1, 0.15) is 52.2 Å². The van der Waals surface area contributed by atoms with E-state index in [0.29, 0.717) is 43.6 Å². The Bertz CT molecular complexity index is 579. The van der Waals surface area contributed by atoms with Crippen LogP contribution >= 0.6 is 0 Å². The zero-order valence-corrected chi connectivity index (χ0v) is 11.8. The van der Waals surface area contributed by atoms with Gasteiger partial charge in [0, 0.05) is 19.4 Å². The van der Waals surface area contributed by atoms with Crippen LogP contribution in [0.2, 0.25) is 0 Å². The van der Waals surface area contributed by atoms with Crippen LogP contribution in [0, 0.1) is 0 Å². The van der Waals surface area contributed by atoms with E-state index in [-0.39, 0.29) is 30.4 Å². The summed E-state index contributed by atoms with van der Waals surface area (Å²) in [7, 11) is 0. The van der Waals surface area contributed by atoms with Crippen molar-refractivity contribution < 1.29 is 24.2 Å². The standard InChI is InChI=1S/C15H19NO5/c17-9-15(20)5-2-6-16(8-15)14(19)10-7-21-12-4-1-3-11(18)13(10)12/h7,17,20H,1-6,8-9H2/t15-/m0/s1. The van der Waals surface area contributed by atoms with Crippen molar-refractivity contribution in [1.29, 1.82) is 0 Å². The van der Waals surface area contributed by atoms with Crippen molar-refractivity contribution >= 4 is 11.7 Å². The number of hydrogen-bond donors (Lipinski definition) is 2. The smallest absolute Gasteiger partial charge is 0.257 e. The number of hydrogen-bond acceptors (Lipinski definition) is 5. The molecule has 2 aliphatic rings. The molecule has 0 saturated carbocycles. The lowest BCUT2D eigenvalue weighted by Gasteiger charge is -2.38.